The number of hydrogen-bond acceptors (Lipinski definition) is 1. The number of hydrogen-bond donors (Lipinski definition) is 0. The van der Waals surface area contributed by atoms with Gasteiger partial charge in [-0.1, -0.05) is 37.9 Å². The van der Waals surface area contributed by atoms with Crippen molar-refractivity contribution in [1.29, 1.82) is 0 Å². The average molecular weight is 391 g/mol. The molecule has 0 radical (unpaired) electrons. The zero-order valence-electron chi connectivity index (χ0n) is 9.71. The molecular weight excluding hydrogens is 379 g/mol. The van der Waals surface area contributed by atoms with Crippen molar-refractivity contribution in [3.05, 3.63) is 56.5 Å². The number of halogens is 3. The Balaban J connectivity index is 2.36. The van der Waals surface area contributed by atoms with Gasteiger partial charge in [-0.05, 0) is 42.8 Å². The minimum absolute atomic E-state index is 0.429. The zero-order chi connectivity index (χ0) is 13.1. The Hall–Kier alpha value is -0.510. The Morgan fingerprint density at radius 3 is 2.33 bits per heavy atom. The molecule has 0 aliphatic carbocycles. The van der Waals surface area contributed by atoms with Gasteiger partial charge >= 0.3 is 0 Å². The summed E-state index contributed by atoms with van der Waals surface area (Å²) in [6.07, 6.45) is 0. The Bertz CT molecular complexity index is 570. The normalized spacial score (nSPS) is 10.4. The number of rotatable bonds is 3. The van der Waals surface area contributed by atoms with E-state index in [0.29, 0.717) is 5.88 Å². The van der Waals surface area contributed by atoms with Crippen molar-refractivity contribution in [2.45, 2.75) is 12.8 Å². The molecule has 2 aromatic rings. The predicted octanol–water partition coefficient (Wildman–Crippen LogP) is 6.05. The van der Waals surface area contributed by atoms with Crippen LogP contribution in [0.2, 0.25) is 0 Å². The molecule has 0 aliphatic heterocycles. The fourth-order valence-electron chi connectivity index (χ4n) is 1.58. The lowest BCUT2D eigenvalue weighted by Gasteiger charge is -2.12. The van der Waals surface area contributed by atoms with E-state index in [1.165, 1.54) is 0 Å². The Labute approximate surface area is 128 Å². The second-order valence-electron chi connectivity index (χ2n) is 3.90. The molecule has 2 rings (SSSR count). The van der Waals surface area contributed by atoms with Gasteiger partial charge in [-0.15, -0.1) is 11.6 Å². The van der Waals surface area contributed by atoms with Crippen molar-refractivity contribution < 1.29 is 4.74 Å². The molecule has 0 atom stereocenters. The van der Waals surface area contributed by atoms with Crippen LogP contribution in [0.25, 0.3) is 0 Å². The third kappa shape index (κ3) is 3.28. The summed E-state index contributed by atoms with van der Waals surface area (Å²) in [5, 5.41) is 0. The summed E-state index contributed by atoms with van der Waals surface area (Å²) >= 11 is 12.8. The lowest BCUT2D eigenvalue weighted by molar-refractivity contribution is 0.474. The van der Waals surface area contributed by atoms with Gasteiger partial charge in [0.2, 0.25) is 0 Å². The van der Waals surface area contributed by atoms with E-state index in [0.717, 1.165) is 31.6 Å². The quantitative estimate of drug-likeness (QED) is 0.580. The minimum atomic E-state index is 0.429. The van der Waals surface area contributed by atoms with Gasteiger partial charge in [0, 0.05) is 14.5 Å². The summed E-state index contributed by atoms with van der Waals surface area (Å²) in [7, 11) is 0. The second-order valence-corrected chi connectivity index (χ2v) is 6.00. The first-order valence-corrected chi connectivity index (χ1v) is 7.50. The van der Waals surface area contributed by atoms with Gasteiger partial charge in [-0.25, -0.2) is 0 Å². The molecule has 0 aliphatic rings. The molecule has 2 aromatic carbocycles. The Morgan fingerprint density at radius 2 is 1.67 bits per heavy atom. The van der Waals surface area contributed by atoms with Crippen LogP contribution in [-0.4, -0.2) is 0 Å². The number of benzene rings is 2. The molecule has 1 nitrogen and oxygen atoms in total. The molecule has 0 N–H and O–H groups in total. The zero-order valence-corrected chi connectivity index (χ0v) is 13.6. The van der Waals surface area contributed by atoms with E-state index in [1.807, 2.05) is 43.3 Å². The molecule has 0 heterocycles. The molecule has 0 unspecified atom stereocenters. The van der Waals surface area contributed by atoms with Crippen molar-refractivity contribution in [1.82, 2.24) is 0 Å². The van der Waals surface area contributed by atoms with E-state index in [4.69, 9.17) is 16.3 Å². The monoisotopic (exact) mass is 388 g/mol. The summed E-state index contributed by atoms with van der Waals surface area (Å²) in [6.45, 7) is 2.01. The molecule has 0 bridgehead atoms. The van der Waals surface area contributed by atoms with E-state index >= 15 is 0 Å². The first-order valence-electron chi connectivity index (χ1n) is 5.38. The van der Waals surface area contributed by atoms with E-state index < -0.39 is 0 Å². The van der Waals surface area contributed by atoms with Crippen LogP contribution in [0.3, 0.4) is 0 Å². The highest BCUT2D eigenvalue weighted by Gasteiger charge is 2.07. The second kappa shape index (κ2) is 6.09. The summed E-state index contributed by atoms with van der Waals surface area (Å²) < 4.78 is 7.95. The summed E-state index contributed by atoms with van der Waals surface area (Å²) in [5.74, 6) is 2.05. The summed E-state index contributed by atoms with van der Waals surface area (Å²) in [4.78, 5) is 0. The fourth-order valence-corrected chi connectivity index (χ4v) is 2.62. The van der Waals surface area contributed by atoms with Gasteiger partial charge in [0.05, 0.1) is 5.88 Å². The van der Waals surface area contributed by atoms with Crippen molar-refractivity contribution >= 4 is 43.5 Å². The Morgan fingerprint density at radius 1 is 1.00 bits per heavy atom. The van der Waals surface area contributed by atoms with Crippen LogP contribution in [0, 0.1) is 6.92 Å². The SMILES string of the molecule is Cc1cc(Br)ccc1Oc1cc(Br)ccc1CCl. The maximum atomic E-state index is 5.93. The summed E-state index contributed by atoms with van der Waals surface area (Å²) in [5.41, 5.74) is 2.05. The van der Waals surface area contributed by atoms with Crippen LogP contribution in [0.5, 0.6) is 11.5 Å². The van der Waals surface area contributed by atoms with Gasteiger partial charge in [-0.3, -0.25) is 0 Å². The van der Waals surface area contributed by atoms with Crippen LogP contribution < -0.4 is 4.74 Å². The molecule has 0 aromatic heterocycles. The number of ether oxygens (including phenoxy) is 1. The highest BCUT2D eigenvalue weighted by molar-refractivity contribution is 9.10. The van der Waals surface area contributed by atoms with Gasteiger partial charge in [0.25, 0.3) is 0 Å². The van der Waals surface area contributed by atoms with Gasteiger partial charge in [0.1, 0.15) is 11.5 Å². The lowest BCUT2D eigenvalue weighted by atomic mass is 10.2. The largest absolute Gasteiger partial charge is 0.457 e. The molecule has 0 saturated heterocycles. The molecule has 18 heavy (non-hydrogen) atoms. The van der Waals surface area contributed by atoms with Crippen molar-refractivity contribution in [3.63, 3.8) is 0 Å². The smallest absolute Gasteiger partial charge is 0.132 e. The van der Waals surface area contributed by atoms with Crippen LogP contribution in [0.1, 0.15) is 11.1 Å². The topological polar surface area (TPSA) is 9.23 Å². The molecule has 94 valence electrons. The van der Waals surface area contributed by atoms with Crippen LogP contribution in [-0.2, 0) is 5.88 Å². The molecule has 0 amide bonds. The highest BCUT2D eigenvalue weighted by atomic mass is 79.9. The molecule has 0 spiro atoms. The minimum Gasteiger partial charge on any atom is -0.457 e. The molecular formula is C14H11Br2ClO. The first-order chi connectivity index (χ1) is 8.60. The number of alkyl halides is 1. The highest BCUT2D eigenvalue weighted by Crippen LogP contribution is 2.32. The van der Waals surface area contributed by atoms with E-state index in [1.54, 1.807) is 0 Å². The van der Waals surface area contributed by atoms with Crippen molar-refractivity contribution in [2.24, 2.45) is 0 Å². The fraction of sp³-hybridized carbons (Fsp3) is 0.143. The average Bonchev–Trinajstić information content (AvgIpc) is 2.33. The van der Waals surface area contributed by atoms with Gasteiger partial charge < -0.3 is 4.74 Å². The van der Waals surface area contributed by atoms with Crippen molar-refractivity contribution in [3.8, 4) is 11.5 Å². The number of aryl methyl sites for hydroxylation is 1. The predicted molar refractivity (Wildman–Crippen MR) is 82.7 cm³/mol. The third-order valence-electron chi connectivity index (χ3n) is 2.53. The van der Waals surface area contributed by atoms with Crippen LogP contribution in [0.4, 0.5) is 0 Å². The first kappa shape index (κ1) is 13.9. The molecule has 4 heteroatoms. The maximum absolute atomic E-state index is 5.93. The van der Waals surface area contributed by atoms with E-state index in [2.05, 4.69) is 31.9 Å². The lowest BCUT2D eigenvalue weighted by Crippen LogP contribution is -1.91. The van der Waals surface area contributed by atoms with Crippen LogP contribution >= 0.6 is 43.5 Å². The van der Waals surface area contributed by atoms with Gasteiger partial charge in [0.15, 0.2) is 0 Å². The third-order valence-corrected chi connectivity index (χ3v) is 3.80. The summed E-state index contributed by atoms with van der Waals surface area (Å²) in [6, 6.07) is 11.8. The molecule has 0 fully saturated rings. The van der Waals surface area contributed by atoms with Gasteiger partial charge in [-0.2, -0.15) is 0 Å². The van der Waals surface area contributed by atoms with Crippen molar-refractivity contribution in [2.75, 3.05) is 0 Å². The van der Waals surface area contributed by atoms with Crippen LogP contribution in [0.15, 0.2) is 45.3 Å². The standard InChI is InChI=1S/C14H11Br2ClO/c1-9-6-11(15)4-5-13(9)18-14-7-12(16)3-2-10(14)8-17/h2-7H,8H2,1H3. The maximum Gasteiger partial charge on any atom is 0.132 e. The molecule has 0 saturated carbocycles. The Kier molecular flexibility index (Phi) is 4.71. The van der Waals surface area contributed by atoms with E-state index in [-0.39, 0.29) is 0 Å². The van der Waals surface area contributed by atoms with E-state index in [9.17, 15) is 0 Å².